The van der Waals surface area contributed by atoms with Crippen molar-refractivity contribution >= 4 is 15.9 Å². The lowest BCUT2D eigenvalue weighted by Gasteiger charge is -2.03. The molecule has 1 aromatic heterocycles. The van der Waals surface area contributed by atoms with Gasteiger partial charge in [0.2, 0.25) is 0 Å². The highest BCUT2D eigenvalue weighted by Crippen LogP contribution is 2.23. The van der Waals surface area contributed by atoms with Gasteiger partial charge in [0.15, 0.2) is 0 Å². The van der Waals surface area contributed by atoms with Crippen molar-refractivity contribution in [3.05, 3.63) is 28.0 Å². The lowest BCUT2D eigenvalue weighted by molar-refractivity contribution is 0.148. The third-order valence-electron chi connectivity index (χ3n) is 1.34. The van der Waals surface area contributed by atoms with Gasteiger partial charge in [-0.2, -0.15) is 0 Å². The number of hydrogen-bond acceptors (Lipinski definition) is 1. The van der Waals surface area contributed by atoms with Crippen molar-refractivity contribution in [3.8, 4) is 0 Å². The van der Waals surface area contributed by atoms with Gasteiger partial charge in [-0.25, -0.2) is 18.2 Å². The van der Waals surface area contributed by atoms with Crippen LogP contribution in [0.2, 0.25) is 0 Å². The summed E-state index contributed by atoms with van der Waals surface area (Å²) in [6.45, 7) is -0.973. The Balaban J connectivity index is 3.11. The second-order valence-corrected chi connectivity index (χ2v) is 2.92. The minimum absolute atomic E-state index is 0.209. The summed E-state index contributed by atoms with van der Waals surface area (Å²) in [5, 5.41) is 0. The molecule has 66 valence electrons. The van der Waals surface area contributed by atoms with Gasteiger partial charge in [0.25, 0.3) is 6.43 Å². The maximum absolute atomic E-state index is 12.1. The zero-order valence-corrected chi connectivity index (χ0v) is 7.48. The first-order chi connectivity index (χ1) is 5.65. The normalized spacial score (nSPS) is 10.8. The molecule has 0 saturated carbocycles. The Morgan fingerprint density at radius 3 is 2.58 bits per heavy atom. The third kappa shape index (κ3) is 1.97. The molecular formula is C7H5BrF3N. The molecule has 0 aliphatic rings. The van der Waals surface area contributed by atoms with E-state index in [9.17, 15) is 13.2 Å². The quantitative estimate of drug-likeness (QED) is 0.723. The van der Waals surface area contributed by atoms with E-state index >= 15 is 0 Å². The predicted octanol–water partition coefficient (Wildman–Crippen LogP) is 3.25. The summed E-state index contributed by atoms with van der Waals surface area (Å²) in [7, 11) is 0. The molecule has 0 saturated heterocycles. The van der Waals surface area contributed by atoms with Crippen LogP contribution in [0, 0.1) is 0 Å². The SMILES string of the molecule is FCc1nc(Br)ccc1C(F)F. The van der Waals surface area contributed by atoms with Crippen molar-refractivity contribution < 1.29 is 13.2 Å². The molecule has 0 unspecified atom stereocenters. The van der Waals surface area contributed by atoms with Crippen LogP contribution in [0.25, 0.3) is 0 Å². The highest BCUT2D eigenvalue weighted by atomic mass is 79.9. The van der Waals surface area contributed by atoms with Crippen LogP contribution in [0.15, 0.2) is 16.7 Å². The smallest absolute Gasteiger partial charge is 0.244 e. The second-order valence-electron chi connectivity index (χ2n) is 2.10. The van der Waals surface area contributed by atoms with Gasteiger partial charge in [-0.05, 0) is 28.1 Å². The summed E-state index contributed by atoms with van der Waals surface area (Å²) < 4.78 is 36.7. The number of alkyl halides is 3. The number of rotatable bonds is 2. The van der Waals surface area contributed by atoms with Gasteiger partial charge in [-0.1, -0.05) is 0 Å². The molecule has 0 amide bonds. The molecule has 0 spiro atoms. The molecule has 0 N–H and O–H groups in total. The molecule has 1 heterocycles. The van der Waals surface area contributed by atoms with Crippen molar-refractivity contribution in [2.24, 2.45) is 0 Å². The number of aromatic nitrogens is 1. The zero-order valence-electron chi connectivity index (χ0n) is 5.90. The van der Waals surface area contributed by atoms with Crippen molar-refractivity contribution in [1.82, 2.24) is 4.98 Å². The van der Waals surface area contributed by atoms with Crippen molar-refractivity contribution in [2.45, 2.75) is 13.1 Å². The average Bonchev–Trinajstić information content (AvgIpc) is 2.03. The Morgan fingerprint density at radius 2 is 2.08 bits per heavy atom. The molecular weight excluding hydrogens is 235 g/mol. The highest BCUT2D eigenvalue weighted by molar-refractivity contribution is 9.10. The van der Waals surface area contributed by atoms with Crippen molar-refractivity contribution in [1.29, 1.82) is 0 Å². The van der Waals surface area contributed by atoms with E-state index in [1.54, 1.807) is 0 Å². The predicted molar refractivity (Wildman–Crippen MR) is 41.7 cm³/mol. The Kier molecular flexibility index (Phi) is 3.08. The maximum atomic E-state index is 12.1. The summed E-state index contributed by atoms with van der Waals surface area (Å²) >= 11 is 2.96. The van der Waals surface area contributed by atoms with Crippen molar-refractivity contribution in [3.63, 3.8) is 0 Å². The fourth-order valence-corrected chi connectivity index (χ4v) is 1.14. The van der Waals surface area contributed by atoms with E-state index in [0.29, 0.717) is 4.60 Å². The molecule has 0 fully saturated rings. The summed E-state index contributed by atoms with van der Waals surface area (Å²) in [6, 6.07) is 2.53. The van der Waals surface area contributed by atoms with Gasteiger partial charge in [0.1, 0.15) is 11.3 Å². The molecule has 1 nitrogen and oxygen atoms in total. The van der Waals surface area contributed by atoms with Crippen LogP contribution < -0.4 is 0 Å². The van der Waals surface area contributed by atoms with E-state index in [0.717, 1.165) is 6.07 Å². The largest absolute Gasteiger partial charge is 0.265 e. The van der Waals surface area contributed by atoms with E-state index in [4.69, 9.17) is 0 Å². The van der Waals surface area contributed by atoms with Gasteiger partial charge >= 0.3 is 0 Å². The van der Waals surface area contributed by atoms with E-state index < -0.39 is 13.1 Å². The average molecular weight is 240 g/mol. The molecule has 1 aromatic rings. The lowest BCUT2D eigenvalue weighted by atomic mass is 10.2. The van der Waals surface area contributed by atoms with E-state index in [2.05, 4.69) is 20.9 Å². The lowest BCUT2D eigenvalue weighted by Crippen LogP contribution is -1.96. The first kappa shape index (κ1) is 9.51. The molecule has 0 bridgehead atoms. The van der Waals surface area contributed by atoms with Gasteiger partial charge < -0.3 is 0 Å². The highest BCUT2D eigenvalue weighted by Gasteiger charge is 2.13. The van der Waals surface area contributed by atoms with Gasteiger partial charge in [0.05, 0.1) is 5.69 Å². The van der Waals surface area contributed by atoms with Crippen LogP contribution in [-0.4, -0.2) is 4.98 Å². The zero-order chi connectivity index (χ0) is 9.14. The summed E-state index contributed by atoms with van der Waals surface area (Å²) in [6.07, 6.45) is -2.67. The first-order valence-corrected chi connectivity index (χ1v) is 3.94. The van der Waals surface area contributed by atoms with E-state index in [1.807, 2.05) is 0 Å². The molecule has 0 radical (unpaired) electrons. The van der Waals surface area contributed by atoms with Crippen LogP contribution >= 0.6 is 15.9 Å². The first-order valence-electron chi connectivity index (χ1n) is 3.14. The van der Waals surface area contributed by atoms with Crippen LogP contribution in [0.5, 0.6) is 0 Å². The molecule has 0 atom stereocenters. The molecule has 1 rings (SSSR count). The third-order valence-corrected chi connectivity index (χ3v) is 1.78. The number of halogens is 4. The van der Waals surface area contributed by atoms with Gasteiger partial charge in [0, 0.05) is 5.56 Å². The Bertz CT molecular complexity index is 277. The molecule has 0 aliphatic heterocycles. The Labute approximate surface area is 75.7 Å². The van der Waals surface area contributed by atoms with E-state index in [1.165, 1.54) is 6.07 Å². The standard InChI is InChI=1S/C7H5BrF3N/c8-6-2-1-4(7(10)11)5(3-9)12-6/h1-2,7H,3H2. The van der Waals surface area contributed by atoms with Crippen molar-refractivity contribution in [2.75, 3.05) is 0 Å². The topological polar surface area (TPSA) is 12.9 Å². The van der Waals surface area contributed by atoms with Crippen LogP contribution in [0.3, 0.4) is 0 Å². The molecule has 0 aromatic carbocycles. The summed E-state index contributed by atoms with van der Waals surface area (Å²) in [5.41, 5.74) is -0.555. The van der Waals surface area contributed by atoms with Gasteiger partial charge in [-0.3, -0.25) is 0 Å². The molecule has 12 heavy (non-hydrogen) atoms. The minimum atomic E-state index is -2.67. The molecule has 5 heteroatoms. The number of pyridine rings is 1. The van der Waals surface area contributed by atoms with E-state index in [-0.39, 0.29) is 11.3 Å². The maximum Gasteiger partial charge on any atom is 0.265 e. The minimum Gasteiger partial charge on any atom is -0.244 e. The second kappa shape index (κ2) is 3.89. The fraction of sp³-hybridized carbons (Fsp3) is 0.286. The van der Waals surface area contributed by atoms with Crippen LogP contribution in [-0.2, 0) is 6.67 Å². The summed E-state index contributed by atoms with van der Waals surface area (Å²) in [4.78, 5) is 3.57. The summed E-state index contributed by atoms with van der Waals surface area (Å²) in [5.74, 6) is 0. The van der Waals surface area contributed by atoms with Crippen LogP contribution in [0.4, 0.5) is 13.2 Å². The molecule has 0 aliphatic carbocycles. The van der Waals surface area contributed by atoms with Gasteiger partial charge in [-0.15, -0.1) is 0 Å². The Morgan fingerprint density at radius 1 is 1.42 bits per heavy atom. The van der Waals surface area contributed by atoms with Crippen LogP contribution in [0.1, 0.15) is 17.7 Å². The monoisotopic (exact) mass is 239 g/mol. The number of nitrogens with zero attached hydrogens (tertiary/aromatic N) is 1. The Hall–Kier alpha value is -0.580. The number of hydrogen-bond donors (Lipinski definition) is 0. The fourth-order valence-electron chi connectivity index (χ4n) is 0.791.